The predicted molar refractivity (Wildman–Crippen MR) is 106 cm³/mol. The molecule has 0 unspecified atom stereocenters. The highest BCUT2D eigenvalue weighted by molar-refractivity contribution is 7.15. The number of thiazole rings is 1. The molecule has 4 aromatic rings. The van der Waals surface area contributed by atoms with E-state index in [4.69, 9.17) is 0 Å². The smallest absolute Gasteiger partial charge is 0.277 e. The standard InChI is InChI=1S/C20H19N3O2S/c1-10-6-7-16-15(8-10)14(13(4)22(16)5)9-17-19(25)23-18(24)11(2)12(3)21-20(23)26-17/h6-9H,1-5H3/b17-9-. The Bertz CT molecular complexity index is 1370. The second-order valence-corrected chi connectivity index (χ2v) is 7.75. The highest BCUT2D eigenvalue weighted by Gasteiger charge is 2.14. The zero-order valence-electron chi connectivity index (χ0n) is 15.4. The van der Waals surface area contributed by atoms with Crippen molar-refractivity contribution in [3.05, 3.63) is 71.5 Å². The highest BCUT2D eigenvalue weighted by Crippen LogP contribution is 2.26. The van der Waals surface area contributed by atoms with Crippen LogP contribution in [0, 0.1) is 27.7 Å². The fourth-order valence-corrected chi connectivity index (χ4v) is 4.30. The summed E-state index contributed by atoms with van der Waals surface area (Å²) in [7, 11) is 2.02. The van der Waals surface area contributed by atoms with Gasteiger partial charge in [-0.1, -0.05) is 23.0 Å². The summed E-state index contributed by atoms with van der Waals surface area (Å²) in [5.41, 5.74) is 4.98. The Hall–Kier alpha value is -2.73. The molecule has 0 radical (unpaired) electrons. The summed E-state index contributed by atoms with van der Waals surface area (Å²) in [5.74, 6) is 0. The zero-order valence-corrected chi connectivity index (χ0v) is 16.2. The van der Waals surface area contributed by atoms with Crippen molar-refractivity contribution < 1.29 is 0 Å². The molecule has 132 valence electrons. The van der Waals surface area contributed by atoms with Crippen molar-refractivity contribution >= 4 is 33.3 Å². The quantitative estimate of drug-likeness (QED) is 0.520. The van der Waals surface area contributed by atoms with E-state index >= 15 is 0 Å². The average molecular weight is 365 g/mol. The minimum Gasteiger partial charge on any atom is -0.347 e. The number of aromatic nitrogens is 3. The maximum absolute atomic E-state index is 12.8. The van der Waals surface area contributed by atoms with Crippen LogP contribution in [0.2, 0.25) is 0 Å². The maximum atomic E-state index is 12.8. The highest BCUT2D eigenvalue weighted by atomic mass is 32.1. The topological polar surface area (TPSA) is 56.4 Å². The molecule has 0 aliphatic rings. The van der Waals surface area contributed by atoms with Crippen molar-refractivity contribution in [1.29, 1.82) is 0 Å². The van der Waals surface area contributed by atoms with Crippen molar-refractivity contribution in [1.82, 2.24) is 14.0 Å². The molecular weight excluding hydrogens is 346 g/mol. The van der Waals surface area contributed by atoms with E-state index in [0.29, 0.717) is 20.8 Å². The lowest BCUT2D eigenvalue weighted by molar-refractivity contribution is 0.916. The lowest BCUT2D eigenvalue weighted by Gasteiger charge is -1.98. The summed E-state index contributed by atoms with van der Waals surface area (Å²) in [6, 6.07) is 6.31. The minimum absolute atomic E-state index is 0.279. The molecule has 6 heteroatoms. The van der Waals surface area contributed by atoms with Crippen LogP contribution in [-0.2, 0) is 7.05 Å². The summed E-state index contributed by atoms with van der Waals surface area (Å²) in [5, 5.41) is 1.11. The first-order chi connectivity index (χ1) is 12.3. The molecule has 0 fully saturated rings. The Morgan fingerprint density at radius 2 is 1.81 bits per heavy atom. The summed E-state index contributed by atoms with van der Waals surface area (Å²) in [4.78, 5) is 30.2. The van der Waals surface area contributed by atoms with E-state index in [2.05, 4.69) is 34.7 Å². The van der Waals surface area contributed by atoms with Crippen LogP contribution >= 0.6 is 11.3 Å². The van der Waals surface area contributed by atoms with Gasteiger partial charge in [-0.2, -0.15) is 0 Å². The molecule has 0 saturated heterocycles. The third kappa shape index (κ3) is 2.25. The third-order valence-electron chi connectivity index (χ3n) is 5.11. The third-order valence-corrected chi connectivity index (χ3v) is 6.08. The van der Waals surface area contributed by atoms with Gasteiger partial charge >= 0.3 is 0 Å². The monoisotopic (exact) mass is 365 g/mol. The Morgan fingerprint density at radius 3 is 2.54 bits per heavy atom. The number of rotatable bonds is 1. The van der Waals surface area contributed by atoms with Crippen LogP contribution < -0.4 is 15.7 Å². The van der Waals surface area contributed by atoms with Gasteiger partial charge in [-0.25, -0.2) is 9.38 Å². The first-order valence-electron chi connectivity index (χ1n) is 8.39. The minimum atomic E-state index is -0.297. The van der Waals surface area contributed by atoms with Gasteiger partial charge in [-0.05, 0) is 45.9 Å². The number of hydrogen-bond donors (Lipinski definition) is 0. The Balaban J connectivity index is 2.12. The van der Waals surface area contributed by atoms with Crippen LogP contribution in [0.5, 0.6) is 0 Å². The molecular formula is C20H19N3O2S. The second kappa shape index (κ2) is 5.64. The second-order valence-electron chi connectivity index (χ2n) is 6.74. The summed E-state index contributed by atoms with van der Waals surface area (Å²) < 4.78 is 3.83. The van der Waals surface area contributed by atoms with Gasteiger partial charge in [0.15, 0.2) is 0 Å². The van der Waals surface area contributed by atoms with Gasteiger partial charge in [0.1, 0.15) is 0 Å². The van der Waals surface area contributed by atoms with Crippen molar-refractivity contribution in [2.75, 3.05) is 0 Å². The predicted octanol–water partition coefficient (Wildman–Crippen LogP) is 2.39. The largest absolute Gasteiger partial charge is 0.347 e. The van der Waals surface area contributed by atoms with E-state index in [9.17, 15) is 9.59 Å². The molecule has 3 aromatic heterocycles. The van der Waals surface area contributed by atoms with Gasteiger partial charge in [0.05, 0.1) is 4.53 Å². The molecule has 0 N–H and O–H groups in total. The van der Waals surface area contributed by atoms with E-state index in [1.165, 1.54) is 21.3 Å². The fraction of sp³-hybridized carbons (Fsp3) is 0.250. The molecule has 0 bridgehead atoms. The first kappa shape index (κ1) is 16.7. The van der Waals surface area contributed by atoms with Crippen LogP contribution in [0.15, 0.2) is 27.8 Å². The Morgan fingerprint density at radius 1 is 1.08 bits per heavy atom. The van der Waals surface area contributed by atoms with Crippen LogP contribution in [-0.4, -0.2) is 14.0 Å². The summed E-state index contributed by atoms with van der Waals surface area (Å²) >= 11 is 1.26. The normalized spacial score (nSPS) is 12.6. The van der Waals surface area contributed by atoms with Crippen LogP contribution in [0.1, 0.15) is 28.1 Å². The Kier molecular flexibility index (Phi) is 3.63. The number of fused-ring (bicyclic) bond motifs is 2. The van der Waals surface area contributed by atoms with Crippen molar-refractivity contribution in [3.8, 4) is 0 Å². The molecule has 26 heavy (non-hydrogen) atoms. The molecule has 0 amide bonds. The van der Waals surface area contributed by atoms with E-state index in [1.54, 1.807) is 13.8 Å². The maximum Gasteiger partial charge on any atom is 0.277 e. The van der Waals surface area contributed by atoms with E-state index in [0.717, 1.165) is 22.2 Å². The summed E-state index contributed by atoms with van der Waals surface area (Å²) in [6.07, 6.45) is 1.89. The van der Waals surface area contributed by atoms with Gasteiger partial charge in [0.25, 0.3) is 11.1 Å². The van der Waals surface area contributed by atoms with E-state index in [-0.39, 0.29) is 11.1 Å². The molecule has 4 rings (SSSR count). The molecule has 1 aromatic carbocycles. The van der Waals surface area contributed by atoms with Crippen LogP contribution in [0.3, 0.4) is 0 Å². The molecule has 0 saturated carbocycles. The van der Waals surface area contributed by atoms with Crippen molar-refractivity contribution in [3.63, 3.8) is 0 Å². The molecule has 0 atom stereocenters. The van der Waals surface area contributed by atoms with Crippen molar-refractivity contribution in [2.24, 2.45) is 7.05 Å². The van der Waals surface area contributed by atoms with Gasteiger partial charge in [-0.3, -0.25) is 9.59 Å². The van der Waals surface area contributed by atoms with Gasteiger partial charge in [-0.15, -0.1) is 0 Å². The van der Waals surface area contributed by atoms with Gasteiger partial charge in [0, 0.05) is 40.5 Å². The van der Waals surface area contributed by atoms with Crippen LogP contribution in [0.25, 0.3) is 21.9 Å². The fourth-order valence-electron chi connectivity index (χ4n) is 3.31. The first-order valence-corrected chi connectivity index (χ1v) is 9.21. The van der Waals surface area contributed by atoms with Crippen molar-refractivity contribution in [2.45, 2.75) is 27.7 Å². The van der Waals surface area contributed by atoms with Gasteiger partial charge in [0.2, 0.25) is 4.96 Å². The summed E-state index contributed by atoms with van der Waals surface area (Å²) in [6.45, 7) is 7.59. The molecule has 0 aliphatic carbocycles. The number of nitrogens with zero attached hydrogens (tertiary/aromatic N) is 3. The molecule has 0 aliphatic heterocycles. The lowest BCUT2D eigenvalue weighted by Crippen LogP contribution is -2.32. The number of aryl methyl sites for hydroxylation is 3. The Labute approximate surface area is 153 Å². The van der Waals surface area contributed by atoms with Gasteiger partial charge < -0.3 is 4.57 Å². The molecule has 5 nitrogen and oxygen atoms in total. The van der Waals surface area contributed by atoms with E-state index < -0.39 is 0 Å². The molecule has 3 heterocycles. The lowest BCUT2D eigenvalue weighted by atomic mass is 10.1. The number of hydrogen-bond acceptors (Lipinski definition) is 4. The molecule has 0 spiro atoms. The SMILES string of the molecule is Cc1ccc2c(c1)c(/C=c1\sc3nc(C)c(C)c(=O)n3c1=O)c(C)n2C. The van der Waals surface area contributed by atoms with Crippen LogP contribution in [0.4, 0.5) is 0 Å². The average Bonchev–Trinajstić information content (AvgIpc) is 3.02. The number of benzene rings is 1. The van der Waals surface area contributed by atoms with E-state index in [1.807, 2.05) is 20.0 Å². The zero-order chi connectivity index (χ0) is 18.7.